The quantitative estimate of drug-likeness (QED) is 0.659. The number of carbonyl (C=O) groups is 1. The third kappa shape index (κ3) is 3.41. The van der Waals surface area contributed by atoms with E-state index in [0.29, 0.717) is 22.4 Å². The van der Waals surface area contributed by atoms with E-state index in [-0.39, 0.29) is 24.0 Å². The topological polar surface area (TPSA) is 83.5 Å². The van der Waals surface area contributed by atoms with Crippen LogP contribution < -0.4 is 0 Å². The van der Waals surface area contributed by atoms with Crippen molar-refractivity contribution in [3.05, 3.63) is 34.3 Å². The van der Waals surface area contributed by atoms with Crippen LogP contribution in [0, 0.1) is 23.7 Å². The smallest absolute Gasteiger partial charge is 0.335 e. The van der Waals surface area contributed by atoms with Crippen molar-refractivity contribution in [2.75, 3.05) is 0 Å². The lowest BCUT2D eigenvalue weighted by Crippen LogP contribution is -2.70. The molecule has 0 amide bonds. The minimum absolute atomic E-state index is 0.0438. The van der Waals surface area contributed by atoms with E-state index in [2.05, 4.69) is 13.8 Å². The summed E-state index contributed by atoms with van der Waals surface area (Å²) >= 11 is 6.28. The van der Waals surface area contributed by atoms with Gasteiger partial charge in [-0.1, -0.05) is 25.4 Å². The zero-order valence-electron chi connectivity index (χ0n) is 18.0. The Morgan fingerprint density at radius 2 is 2.03 bits per heavy atom. The third-order valence-corrected chi connectivity index (χ3v) is 8.16. The summed E-state index contributed by atoms with van der Waals surface area (Å²) in [5.41, 5.74) is 0.155. The highest BCUT2D eigenvalue weighted by Crippen LogP contribution is 2.60. The molecule has 170 valence electrons. The fraction of sp³-hybridized carbons (Fsp3) is 0.696. The molecule has 1 aliphatic carbocycles. The SMILES string of the molecule is C[C@H]1[C@H](OCc2cc(C(=O)O)ccc2Cl)O[C@@H]2O[C@@]3(C)CC[C@H]4[C@H](C)CC[C@@H]1[C@@]24OO3. The Morgan fingerprint density at radius 1 is 1.23 bits per heavy atom. The van der Waals surface area contributed by atoms with Crippen molar-refractivity contribution in [2.45, 2.75) is 77.0 Å². The molecule has 4 aliphatic heterocycles. The predicted molar refractivity (Wildman–Crippen MR) is 110 cm³/mol. The third-order valence-electron chi connectivity index (χ3n) is 7.79. The molecule has 1 saturated carbocycles. The second-order valence-corrected chi connectivity index (χ2v) is 10.1. The average molecular weight is 453 g/mol. The van der Waals surface area contributed by atoms with Gasteiger partial charge in [0.15, 0.2) is 18.2 Å². The normalized spacial score (nSPS) is 43.9. The van der Waals surface area contributed by atoms with Crippen molar-refractivity contribution < 1.29 is 33.9 Å². The molecule has 2 bridgehead atoms. The number of benzene rings is 1. The summed E-state index contributed by atoms with van der Waals surface area (Å²) in [6.45, 7) is 6.44. The van der Waals surface area contributed by atoms with Gasteiger partial charge in [0, 0.05) is 23.3 Å². The fourth-order valence-electron chi connectivity index (χ4n) is 6.05. The Morgan fingerprint density at radius 3 is 2.81 bits per heavy atom. The minimum Gasteiger partial charge on any atom is -0.478 e. The maximum Gasteiger partial charge on any atom is 0.335 e. The highest BCUT2D eigenvalue weighted by Gasteiger charge is 2.69. The summed E-state index contributed by atoms with van der Waals surface area (Å²) in [5.74, 6) is -0.828. The zero-order chi connectivity index (χ0) is 22.0. The Labute approximate surface area is 186 Å². The fourth-order valence-corrected chi connectivity index (χ4v) is 6.23. The van der Waals surface area contributed by atoms with Gasteiger partial charge in [0.25, 0.3) is 0 Å². The van der Waals surface area contributed by atoms with Gasteiger partial charge in [0.05, 0.1) is 12.2 Å². The second-order valence-electron chi connectivity index (χ2n) is 9.70. The first-order valence-corrected chi connectivity index (χ1v) is 11.4. The van der Waals surface area contributed by atoms with Gasteiger partial charge in [-0.2, -0.15) is 0 Å². The Balaban J connectivity index is 1.40. The number of rotatable bonds is 4. The summed E-state index contributed by atoms with van der Waals surface area (Å²) in [6, 6.07) is 4.60. The van der Waals surface area contributed by atoms with E-state index in [1.165, 1.54) is 6.07 Å². The van der Waals surface area contributed by atoms with E-state index in [1.807, 2.05) is 6.92 Å². The standard InChI is InChI=1S/C23H29ClO7/c1-12-4-6-17-13(2)20(27-11-15-10-14(19(25)26)5-7-18(15)24)28-21-23(17)16(12)8-9-22(3,29-21)30-31-23/h5,7,10,12-13,16-17,20-21H,4,6,8-9,11H2,1-3H3,(H,25,26)/t12-,13-,16+,17+,20-,21-,22-,23-/m1/s1. The van der Waals surface area contributed by atoms with Crippen molar-refractivity contribution in [3.63, 3.8) is 0 Å². The van der Waals surface area contributed by atoms with Crippen LogP contribution in [0.2, 0.25) is 5.02 Å². The number of carboxylic acids is 1. The maximum absolute atomic E-state index is 11.3. The lowest BCUT2D eigenvalue weighted by Gasteiger charge is -2.60. The summed E-state index contributed by atoms with van der Waals surface area (Å²) in [6.07, 6.45) is 2.74. The van der Waals surface area contributed by atoms with Crippen LogP contribution in [0.25, 0.3) is 0 Å². The number of hydrogen-bond donors (Lipinski definition) is 1. The van der Waals surface area contributed by atoms with Crippen molar-refractivity contribution in [3.8, 4) is 0 Å². The van der Waals surface area contributed by atoms with Crippen molar-refractivity contribution in [2.24, 2.45) is 23.7 Å². The number of hydrogen-bond acceptors (Lipinski definition) is 6. The minimum atomic E-state index is -1.00. The van der Waals surface area contributed by atoms with Crippen LogP contribution in [0.1, 0.15) is 62.4 Å². The highest BCUT2D eigenvalue weighted by atomic mass is 35.5. The molecular weight excluding hydrogens is 424 g/mol. The molecule has 1 aromatic rings. The summed E-state index contributed by atoms with van der Waals surface area (Å²) in [5, 5.41) is 9.73. The molecule has 5 aliphatic rings. The Bertz CT molecular complexity index is 877. The Hall–Kier alpha value is -1.22. The van der Waals surface area contributed by atoms with Crippen molar-refractivity contribution >= 4 is 17.6 Å². The van der Waals surface area contributed by atoms with Gasteiger partial charge in [-0.3, -0.25) is 0 Å². The number of ether oxygens (including phenoxy) is 3. The molecule has 4 saturated heterocycles. The van der Waals surface area contributed by atoms with Crippen LogP contribution in [-0.2, 0) is 30.6 Å². The largest absolute Gasteiger partial charge is 0.478 e. The molecule has 8 heteroatoms. The molecule has 6 rings (SSSR count). The molecule has 1 N–H and O–H groups in total. The highest BCUT2D eigenvalue weighted by molar-refractivity contribution is 6.31. The van der Waals surface area contributed by atoms with Crippen LogP contribution in [0.15, 0.2) is 18.2 Å². The van der Waals surface area contributed by atoms with Gasteiger partial charge >= 0.3 is 5.97 Å². The molecule has 7 nitrogen and oxygen atoms in total. The molecule has 0 aromatic heterocycles. The summed E-state index contributed by atoms with van der Waals surface area (Å²) in [7, 11) is 0. The molecule has 31 heavy (non-hydrogen) atoms. The Kier molecular flexibility index (Phi) is 5.35. The molecular formula is C23H29ClO7. The molecule has 1 spiro atoms. The average Bonchev–Trinajstić information content (AvgIpc) is 2.96. The monoisotopic (exact) mass is 452 g/mol. The maximum atomic E-state index is 11.3. The van der Waals surface area contributed by atoms with E-state index < -0.39 is 29.9 Å². The molecule has 0 radical (unpaired) electrons. The van der Waals surface area contributed by atoms with Crippen LogP contribution in [0.3, 0.4) is 0 Å². The van der Waals surface area contributed by atoms with E-state index in [4.69, 9.17) is 35.6 Å². The molecule has 0 unspecified atom stereocenters. The predicted octanol–water partition coefficient (Wildman–Crippen LogP) is 4.76. The first kappa shape index (κ1) is 21.6. The second kappa shape index (κ2) is 7.68. The number of halogens is 1. The molecule has 4 heterocycles. The molecule has 5 fully saturated rings. The van der Waals surface area contributed by atoms with Gasteiger partial charge in [0.1, 0.15) is 0 Å². The van der Waals surface area contributed by atoms with E-state index in [9.17, 15) is 9.90 Å². The van der Waals surface area contributed by atoms with E-state index >= 15 is 0 Å². The van der Waals surface area contributed by atoms with E-state index in [0.717, 1.165) is 25.7 Å². The lowest BCUT2D eigenvalue weighted by atomic mass is 9.58. The zero-order valence-corrected chi connectivity index (χ0v) is 18.8. The number of aromatic carboxylic acids is 1. The van der Waals surface area contributed by atoms with Gasteiger partial charge < -0.3 is 19.3 Å². The van der Waals surface area contributed by atoms with Crippen molar-refractivity contribution in [1.82, 2.24) is 0 Å². The first-order valence-electron chi connectivity index (χ1n) is 11.1. The van der Waals surface area contributed by atoms with Crippen LogP contribution in [0.4, 0.5) is 0 Å². The first-order chi connectivity index (χ1) is 14.7. The summed E-state index contributed by atoms with van der Waals surface area (Å²) in [4.78, 5) is 23.3. The van der Waals surface area contributed by atoms with Gasteiger partial charge in [-0.05, 0) is 61.8 Å². The molecule has 1 aromatic carbocycles. The van der Waals surface area contributed by atoms with Crippen molar-refractivity contribution in [1.29, 1.82) is 0 Å². The van der Waals surface area contributed by atoms with Crippen LogP contribution in [0.5, 0.6) is 0 Å². The number of carboxylic acid groups (broad SMARTS) is 1. The van der Waals surface area contributed by atoms with Crippen LogP contribution in [-0.4, -0.2) is 35.0 Å². The lowest BCUT2D eigenvalue weighted by molar-refractivity contribution is -0.577. The van der Waals surface area contributed by atoms with Gasteiger partial charge in [0.2, 0.25) is 5.79 Å². The summed E-state index contributed by atoms with van der Waals surface area (Å²) < 4.78 is 18.9. The van der Waals surface area contributed by atoms with Crippen LogP contribution >= 0.6 is 11.6 Å². The van der Waals surface area contributed by atoms with E-state index in [1.54, 1.807) is 12.1 Å². The number of fused-ring (bicyclic) bond motifs is 2. The van der Waals surface area contributed by atoms with Gasteiger partial charge in [-0.25, -0.2) is 14.6 Å². The van der Waals surface area contributed by atoms with Gasteiger partial charge in [-0.15, -0.1) is 0 Å². The molecule has 8 atom stereocenters.